The molecule has 0 fully saturated rings. The Hall–Kier alpha value is -0.890. The van der Waals surface area contributed by atoms with Crippen LogP contribution in [0.15, 0.2) is 28.4 Å². The lowest BCUT2D eigenvalue weighted by atomic mass is 10.0. The summed E-state index contributed by atoms with van der Waals surface area (Å²) in [5, 5.41) is 0. The third kappa shape index (κ3) is 4.41. The minimum absolute atomic E-state index is 0.00807. The van der Waals surface area contributed by atoms with E-state index in [1.54, 1.807) is 6.92 Å². The molecule has 0 aromatic heterocycles. The van der Waals surface area contributed by atoms with Crippen LogP contribution in [-0.2, 0) is 4.79 Å². The number of nitrogens with zero attached hydrogens (tertiary/aromatic N) is 1. The van der Waals surface area contributed by atoms with Gasteiger partial charge in [-0.25, -0.2) is 4.99 Å². The fraction of sp³-hybridized carbons (Fsp3) is 0.600. The summed E-state index contributed by atoms with van der Waals surface area (Å²) in [7, 11) is 0. The summed E-state index contributed by atoms with van der Waals surface area (Å²) < 4.78 is 0. The second-order valence-electron chi connectivity index (χ2n) is 4.82. The summed E-state index contributed by atoms with van der Waals surface area (Å²) in [6.45, 7) is 5.85. The third-order valence-electron chi connectivity index (χ3n) is 3.30. The molecule has 1 unspecified atom stereocenters. The minimum Gasteiger partial charge on any atom is -0.293 e. The molecule has 0 N–H and O–H groups in total. The Labute approximate surface area is 115 Å². The molecule has 18 heavy (non-hydrogen) atoms. The minimum atomic E-state index is 0.00807. The molecule has 0 amide bonds. The predicted molar refractivity (Wildman–Crippen MR) is 78.3 cm³/mol. The van der Waals surface area contributed by atoms with Gasteiger partial charge in [0.25, 0.3) is 0 Å². The van der Waals surface area contributed by atoms with E-state index in [0.29, 0.717) is 17.5 Å². The number of rotatable bonds is 4. The van der Waals surface area contributed by atoms with Gasteiger partial charge in [0.05, 0.1) is 0 Å². The summed E-state index contributed by atoms with van der Waals surface area (Å²) in [4.78, 5) is 16.2. The van der Waals surface area contributed by atoms with Gasteiger partial charge in [0.2, 0.25) is 0 Å². The summed E-state index contributed by atoms with van der Waals surface area (Å²) in [5.74, 6) is 0.879. The zero-order valence-corrected chi connectivity index (χ0v) is 12.3. The first-order chi connectivity index (χ1) is 8.58. The molecule has 2 nitrogen and oxygen atoms in total. The fourth-order valence-electron chi connectivity index (χ4n) is 1.87. The van der Waals surface area contributed by atoms with E-state index in [0.717, 1.165) is 37.0 Å². The maximum absolute atomic E-state index is 11.6. The standard InChI is InChI=1S/C15H22ClNO/c1-4-11(2)14-8-6-5-7-13(10-16)9-15(17-14)12(3)18/h8-9,11H,4-7,10H2,1-3H3/b13-9-,14-8?,17-15?. The molecule has 0 saturated carbocycles. The van der Waals surface area contributed by atoms with Gasteiger partial charge in [0.15, 0.2) is 5.78 Å². The van der Waals surface area contributed by atoms with Crippen molar-refractivity contribution in [1.29, 1.82) is 0 Å². The van der Waals surface area contributed by atoms with Crippen molar-refractivity contribution in [2.45, 2.75) is 46.5 Å². The number of Topliss-reactive ketones (excluding diaryl/α,β-unsaturated/α-hetero) is 1. The highest BCUT2D eigenvalue weighted by Gasteiger charge is 2.12. The first-order valence-electron chi connectivity index (χ1n) is 6.63. The lowest BCUT2D eigenvalue weighted by Gasteiger charge is -2.10. The topological polar surface area (TPSA) is 29.4 Å². The first-order valence-corrected chi connectivity index (χ1v) is 7.17. The molecule has 1 aliphatic heterocycles. The zero-order chi connectivity index (χ0) is 13.5. The van der Waals surface area contributed by atoms with Crippen LogP contribution in [0.25, 0.3) is 0 Å². The van der Waals surface area contributed by atoms with E-state index in [4.69, 9.17) is 11.6 Å². The maximum Gasteiger partial charge on any atom is 0.178 e. The van der Waals surface area contributed by atoms with Crippen LogP contribution in [0, 0.1) is 5.92 Å². The summed E-state index contributed by atoms with van der Waals surface area (Å²) >= 11 is 5.90. The second kappa shape index (κ2) is 7.52. The number of halogens is 1. The molecule has 3 heteroatoms. The zero-order valence-electron chi connectivity index (χ0n) is 11.5. The van der Waals surface area contributed by atoms with Gasteiger partial charge in [0.1, 0.15) is 5.71 Å². The number of aliphatic imine (C=N–C) groups is 1. The number of hydrogen-bond acceptors (Lipinski definition) is 2. The lowest BCUT2D eigenvalue weighted by molar-refractivity contribution is -0.111. The van der Waals surface area contributed by atoms with E-state index < -0.39 is 0 Å². The van der Waals surface area contributed by atoms with E-state index in [-0.39, 0.29) is 5.78 Å². The fourth-order valence-corrected chi connectivity index (χ4v) is 2.08. The quantitative estimate of drug-likeness (QED) is 0.699. The molecule has 0 aromatic rings. The van der Waals surface area contributed by atoms with Gasteiger partial charge >= 0.3 is 0 Å². The van der Waals surface area contributed by atoms with Crippen molar-refractivity contribution >= 4 is 23.1 Å². The van der Waals surface area contributed by atoms with Gasteiger partial charge in [-0.2, -0.15) is 0 Å². The molecular formula is C15H22ClNO. The van der Waals surface area contributed by atoms with Crippen molar-refractivity contribution in [2.75, 3.05) is 5.88 Å². The number of allylic oxidation sites excluding steroid dienone is 4. The molecule has 0 aliphatic carbocycles. The Morgan fingerprint density at radius 2 is 2.28 bits per heavy atom. The van der Waals surface area contributed by atoms with Crippen molar-refractivity contribution in [1.82, 2.24) is 0 Å². The Bertz CT molecular complexity index is 393. The van der Waals surface area contributed by atoms with Gasteiger partial charge < -0.3 is 0 Å². The summed E-state index contributed by atoms with van der Waals surface area (Å²) in [6, 6.07) is 0. The van der Waals surface area contributed by atoms with E-state index >= 15 is 0 Å². The van der Waals surface area contributed by atoms with Crippen molar-refractivity contribution < 1.29 is 4.79 Å². The molecule has 1 atom stereocenters. The van der Waals surface area contributed by atoms with E-state index in [2.05, 4.69) is 24.9 Å². The number of alkyl halides is 1. The van der Waals surface area contributed by atoms with Crippen molar-refractivity contribution in [2.24, 2.45) is 10.9 Å². The van der Waals surface area contributed by atoms with Crippen LogP contribution in [-0.4, -0.2) is 17.4 Å². The SMILES string of the molecule is CCC(C)C1=CCCC/C(CCl)=C/C(C(C)=O)=N1. The molecule has 1 aliphatic rings. The van der Waals surface area contributed by atoms with Crippen LogP contribution in [0.2, 0.25) is 0 Å². The number of hydrogen-bond donors (Lipinski definition) is 0. The lowest BCUT2D eigenvalue weighted by Crippen LogP contribution is -2.10. The predicted octanol–water partition coefficient (Wildman–Crippen LogP) is 4.30. The van der Waals surface area contributed by atoms with E-state index in [1.807, 2.05) is 6.08 Å². The van der Waals surface area contributed by atoms with Gasteiger partial charge in [-0.05, 0) is 37.7 Å². The smallest absolute Gasteiger partial charge is 0.178 e. The Morgan fingerprint density at radius 3 is 2.83 bits per heavy atom. The van der Waals surface area contributed by atoms with Crippen LogP contribution < -0.4 is 0 Å². The average molecular weight is 268 g/mol. The highest BCUT2D eigenvalue weighted by atomic mass is 35.5. The van der Waals surface area contributed by atoms with Crippen LogP contribution in [0.1, 0.15) is 46.5 Å². The van der Waals surface area contributed by atoms with Gasteiger partial charge in [-0.1, -0.05) is 25.5 Å². The van der Waals surface area contributed by atoms with Crippen LogP contribution >= 0.6 is 11.6 Å². The molecule has 0 spiro atoms. The molecule has 1 heterocycles. The number of carbonyl (C=O) groups is 1. The summed E-state index contributed by atoms with van der Waals surface area (Å²) in [6.07, 6.45) is 8.09. The van der Waals surface area contributed by atoms with Gasteiger partial charge in [0, 0.05) is 18.5 Å². The Kier molecular flexibility index (Phi) is 6.34. The molecule has 0 saturated heterocycles. The third-order valence-corrected chi connectivity index (χ3v) is 3.64. The molecule has 0 aromatic carbocycles. The van der Waals surface area contributed by atoms with Crippen LogP contribution in [0.5, 0.6) is 0 Å². The van der Waals surface area contributed by atoms with Crippen LogP contribution in [0.4, 0.5) is 0 Å². The molecular weight excluding hydrogens is 246 g/mol. The number of ketones is 1. The highest BCUT2D eigenvalue weighted by molar-refractivity contribution is 6.44. The first kappa shape index (κ1) is 15.2. The molecule has 0 bridgehead atoms. The summed E-state index contributed by atoms with van der Waals surface area (Å²) in [5.41, 5.74) is 2.68. The largest absolute Gasteiger partial charge is 0.293 e. The van der Waals surface area contributed by atoms with Crippen LogP contribution in [0.3, 0.4) is 0 Å². The van der Waals surface area contributed by atoms with E-state index in [1.165, 1.54) is 0 Å². The Balaban J connectivity index is 3.14. The van der Waals surface area contributed by atoms with E-state index in [9.17, 15) is 4.79 Å². The Morgan fingerprint density at radius 1 is 1.56 bits per heavy atom. The molecule has 0 radical (unpaired) electrons. The van der Waals surface area contributed by atoms with Crippen molar-refractivity contribution in [3.63, 3.8) is 0 Å². The second-order valence-corrected chi connectivity index (χ2v) is 5.09. The highest BCUT2D eigenvalue weighted by Crippen LogP contribution is 2.21. The maximum atomic E-state index is 11.6. The molecule has 100 valence electrons. The normalized spacial score (nSPS) is 21.7. The molecule has 1 rings (SSSR count). The van der Waals surface area contributed by atoms with Crippen molar-refractivity contribution in [3.05, 3.63) is 23.4 Å². The van der Waals surface area contributed by atoms with Gasteiger partial charge in [-0.3, -0.25) is 4.79 Å². The number of carbonyl (C=O) groups excluding carboxylic acids is 1. The van der Waals surface area contributed by atoms with Gasteiger partial charge in [-0.15, -0.1) is 11.6 Å². The van der Waals surface area contributed by atoms with Crippen molar-refractivity contribution in [3.8, 4) is 0 Å². The monoisotopic (exact) mass is 267 g/mol. The average Bonchev–Trinajstić information content (AvgIpc) is 2.47.